The SMILES string of the molecule is Cc1nn(C(C)(C)C)c2nc(C(C)C)cc(C(=O)N[C@@H](C)C(=O)O)c12. The van der Waals surface area contributed by atoms with Crippen LogP contribution in [0.5, 0.6) is 0 Å². The van der Waals surface area contributed by atoms with Crippen molar-refractivity contribution in [2.75, 3.05) is 0 Å². The molecule has 0 aliphatic heterocycles. The molecular formula is C18H26N4O3. The minimum Gasteiger partial charge on any atom is -0.480 e. The number of carboxylic acids is 1. The minimum absolute atomic E-state index is 0.122. The summed E-state index contributed by atoms with van der Waals surface area (Å²) in [6, 6.07) is 0.759. The summed E-state index contributed by atoms with van der Waals surface area (Å²) < 4.78 is 1.82. The van der Waals surface area contributed by atoms with E-state index in [0.29, 0.717) is 22.3 Å². The summed E-state index contributed by atoms with van der Waals surface area (Å²) in [5.41, 5.74) is 2.23. The second-order valence-corrected chi connectivity index (χ2v) is 7.65. The molecule has 2 rings (SSSR count). The van der Waals surface area contributed by atoms with E-state index in [1.807, 2.05) is 46.2 Å². The van der Waals surface area contributed by atoms with Crippen LogP contribution in [0.25, 0.3) is 11.0 Å². The van der Waals surface area contributed by atoms with Gasteiger partial charge in [0, 0.05) is 5.69 Å². The third kappa shape index (κ3) is 3.65. The number of amides is 1. The van der Waals surface area contributed by atoms with Crippen LogP contribution in [0.4, 0.5) is 0 Å². The molecule has 0 spiro atoms. The van der Waals surface area contributed by atoms with Gasteiger partial charge in [-0.1, -0.05) is 13.8 Å². The number of fused-ring (bicyclic) bond motifs is 1. The molecule has 1 amide bonds. The average molecular weight is 346 g/mol. The molecule has 7 nitrogen and oxygen atoms in total. The van der Waals surface area contributed by atoms with Gasteiger partial charge >= 0.3 is 5.97 Å². The van der Waals surface area contributed by atoms with Crippen LogP contribution in [0.2, 0.25) is 0 Å². The number of nitrogens with zero attached hydrogens (tertiary/aromatic N) is 3. The maximum atomic E-state index is 12.7. The normalized spacial score (nSPS) is 13.3. The number of carbonyl (C=O) groups is 2. The van der Waals surface area contributed by atoms with E-state index in [1.54, 1.807) is 6.07 Å². The monoisotopic (exact) mass is 346 g/mol. The Kier molecular flexibility index (Phi) is 4.88. The highest BCUT2D eigenvalue weighted by molar-refractivity contribution is 6.07. The maximum Gasteiger partial charge on any atom is 0.325 e. The van der Waals surface area contributed by atoms with Crippen molar-refractivity contribution in [2.45, 2.75) is 66.0 Å². The van der Waals surface area contributed by atoms with Crippen molar-refractivity contribution in [2.24, 2.45) is 0 Å². The molecule has 25 heavy (non-hydrogen) atoms. The number of nitrogens with one attached hydrogen (secondary N) is 1. The van der Waals surface area contributed by atoms with Gasteiger partial charge < -0.3 is 10.4 Å². The summed E-state index contributed by atoms with van der Waals surface area (Å²) in [4.78, 5) is 28.5. The summed E-state index contributed by atoms with van der Waals surface area (Å²) in [5.74, 6) is -1.39. The van der Waals surface area contributed by atoms with Crippen molar-refractivity contribution in [3.63, 3.8) is 0 Å². The Balaban J connectivity index is 2.72. The van der Waals surface area contributed by atoms with Crippen LogP contribution in [0.15, 0.2) is 6.07 Å². The van der Waals surface area contributed by atoms with Crippen molar-refractivity contribution < 1.29 is 14.7 Å². The third-order valence-corrected chi connectivity index (χ3v) is 4.02. The molecule has 0 radical (unpaired) electrons. The van der Waals surface area contributed by atoms with E-state index in [2.05, 4.69) is 10.4 Å². The van der Waals surface area contributed by atoms with Crippen LogP contribution in [0.1, 0.15) is 69.2 Å². The number of aliphatic carboxylic acids is 1. The highest BCUT2D eigenvalue weighted by atomic mass is 16.4. The number of aromatic nitrogens is 3. The molecule has 0 aliphatic rings. The van der Waals surface area contributed by atoms with E-state index in [4.69, 9.17) is 10.1 Å². The third-order valence-electron chi connectivity index (χ3n) is 4.02. The Morgan fingerprint density at radius 1 is 1.24 bits per heavy atom. The molecule has 2 N–H and O–H groups in total. The van der Waals surface area contributed by atoms with Crippen molar-refractivity contribution >= 4 is 22.9 Å². The van der Waals surface area contributed by atoms with Gasteiger partial charge in [0.15, 0.2) is 5.65 Å². The molecule has 7 heteroatoms. The van der Waals surface area contributed by atoms with Gasteiger partial charge in [0.05, 0.1) is 22.2 Å². The molecule has 2 aromatic heterocycles. The van der Waals surface area contributed by atoms with E-state index < -0.39 is 17.9 Å². The zero-order valence-corrected chi connectivity index (χ0v) is 15.8. The number of aryl methyl sites for hydroxylation is 1. The van der Waals surface area contributed by atoms with E-state index in [0.717, 1.165) is 5.69 Å². The fraction of sp³-hybridized carbons (Fsp3) is 0.556. The van der Waals surface area contributed by atoms with Gasteiger partial charge in [-0.15, -0.1) is 0 Å². The number of pyridine rings is 1. The van der Waals surface area contributed by atoms with E-state index in [9.17, 15) is 9.59 Å². The molecule has 0 fully saturated rings. The number of hydrogen-bond donors (Lipinski definition) is 2. The van der Waals surface area contributed by atoms with Crippen molar-refractivity contribution in [3.8, 4) is 0 Å². The summed E-state index contributed by atoms with van der Waals surface area (Å²) in [5, 5.41) is 16.8. The summed E-state index contributed by atoms with van der Waals surface area (Å²) in [6.07, 6.45) is 0. The lowest BCUT2D eigenvalue weighted by Gasteiger charge is -2.20. The second-order valence-electron chi connectivity index (χ2n) is 7.65. The van der Waals surface area contributed by atoms with Gasteiger partial charge in [0.1, 0.15) is 6.04 Å². The first kappa shape index (κ1) is 18.9. The smallest absolute Gasteiger partial charge is 0.325 e. The minimum atomic E-state index is -1.08. The fourth-order valence-electron chi connectivity index (χ4n) is 2.59. The van der Waals surface area contributed by atoms with Gasteiger partial charge in [-0.2, -0.15) is 5.10 Å². The largest absolute Gasteiger partial charge is 0.480 e. The number of carboxylic acid groups (broad SMARTS) is 1. The zero-order chi connectivity index (χ0) is 19.1. The van der Waals surface area contributed by atoms with E-state index in [-0.39, 0.29) is 11.5 Å². The Bertz CT molecular complexity index is 831. The lowest BCUT2D eigenvalue weighted by Crippen LogP contribution is -2.38. The highest BCUT2D eigenvalue weighted by Crippen LogP contribution is 2.28. The number of rotatable bonds is 4. The zero-order valence-electron chi connectivity index (χ0n) is 15.8. The summed E-state index contributed by atoms with van der Waals surface area (Å²) in [7, 11) is 0. The Hall–Kier alpha value is -2.44. The van der Waals surface area contributed by atoms with Crippen molar-refractivity contribution in [3.05, 3.63) is 23.0 Å². The summed E-state index contributed by atoms with van der Waals surface area (Å²) in [6.45, 7) is 13.3. The molecule has 0 saturated carbocycles. The van der Waals surface area contributed by atoms with Gasteiger partial charge in [-0.3, -0.25) is 9.59 Å². The molecule has 1 atom stereocenters. The molecule has 0 aliphatic carbocycles. The molecule has 2 heterocycles. The first-order chi connectivity index (χ1) is 11.4. The first-order valence-electron chi connectivity index (χ1n) is 8.38. The van der Waals surface area contributed by atoms with Crippen LogP contribution in [-0.4, -0.2) is 37.8 Å². The lowest BCUT2D eigenvalue weighted by atomic mass is 10.0. The molecule has 0 saturated heterocycles. The summed E-state index contributed by atoms with van der Waals surface area (Å²) >= 11 is 0. The van der Waals surface area contributed by atoms with Crippen LogP contribution in [-0.2, 0) is 10.3 Å². The molecule has 136 valence electrons. The van der Waals surface area contributed by atoms with E-state index >= 15 is 0 Å². The molecule has 0 aromatic carbocycles. The Morgan fingerprint density at radius 3 is 2.32 bits per heavy atom. The Morgan fingerprint density at radius 2 is 1.84 bits per heavy atom. The van der Waals surface area contributed by atoms with Crippen LogP contribution < -0.4 is 5.32 Å². The van der Waals surface area contributed by atoms with Crippen LogP contribution in [0, 0.1) is 6.92 Å². The predicted octanol–water partition coefficient (Wildman–Crippen LogP) is 2.82. The highest BCUT2D eigenvalue weighted by Gasteiger charge is 2.26. The molecule has 0 unspecified atom stereocenters. The number of hydrogen-bond acceptors (Lipinski definition) is 4. The van der Waals surface area contributed by atoms with Gasteiger partial charge in [0.2, 0.25) is 0 Å². The molecular weight excluding hydrogens is 320 g/mol. The maximum absolute atomic E-state index is 12.7. The average Bonchev–Trinajstić information content (AvgIpc) is 2.83. The van der Waals surface area contributed by atoms with Crippen molar-refractivity contribution in [1.29, 1.82) is 0 Å². The fourth-order valence-corrected chi connectivity index (χ4v) is 2.59. The standard InChI is InChI=1S/C18H26N4O3/c1-9(2)13-8-12(16(23)19-11(4)17(24)25)14-10(3)21-22(15(14)20-13)18(5,6)7/h8-9,11H,1-7H3,(H,19,23)(H,24,25)/t11-/m0/s1. The van der Waals surface area contributed by atoms with Gasteiger partial charge in [0.25, 0.3) is 5.91 Å². The number of carbonyl (C=O) groups excluding carboxylic acids is 1. The Labute approximate surface area is 147 Å². The quantitative estimate of drug-likeness (QED) is 0.887. The first-order valence-corrected chi connectivity index (χ1v) is 8.38. The van der Waals surface area contributed by atoms with E-state index in [1.165, 1.54) is 6.92 Å². The molecule has 0 bridgehead atoms. The molecule has 2 aromatic rings. The second kappa shape index (κ2) is 6.46. The van der Waals surface area contributed by atoms with Crippen molar-refractivity contribution in [1.82, 2.24) is 20.1 Å². The van der Waals surface area contributed by atoms with Gasteiger partial charge in [-0.25, -0.2) is 9.67 Å². The van der Waals surface area contributed by atoms with Crippen LogP contribution >= 0.6 is 0 Å². The predicted molar refractivity (Wildman–Crippen MR) is 95.9 cm³/mol. The topological polar surface area (TPSA) is 97.1 Å². The lowest BCUT2D eigenvalue weighted by molar-refractivity contribution is -0.138. The van der Waals surface area contributed by atoms with Crippen LogP contribution in [0.3, 0.4) is 0 Å². The van der Waals surface area contributed by atoms with Gasteiger partial charge in [-0.05, 0) is 46.6 Å².